The molecule has 14 heavy (non-hydrogen) atoms. The molecule has 1 unspecified atom stereocenters. The first-order valence-corrected chi connectivity index (χ1v) is 5.73. The molecule has 0 bridgehead atoms. The average Bonchev–Trinajstić information content (AvgIpc) is 2.11. The zero-order chi connectivity index (χ0) is 10.8. The van der Waals surface area contributed by atoms with Crippen molar-refractivity contribution >= 4 is 10.1 Å². The van der Waals surface area contributed by atoms with Crippen LogP contribution in [0.25, 0.3) is 0 Å². The van der Waals surface area contributed by atoms with Gasteiger partial charge in [0.2, 0.25) is 0 Å². The summed E-state index contributed by atoms with van der Waals surface area (Å²) in [7, 11) is -4.01. The van der Waals surface area contributed by atoms with Crippen LogP contribution in [0.2, 0.25) is 0 Å². The molecule has 0 N–H and O–H groups in total. The Morgan fingerprint density at radius 1 is 1.29 bits per heavy atom. The Morgan fingerprint density at radius 3 is 2.50 bits per heavy atom. The predicted octanol–water partition coefficient (Wildman–Crippen LogP) is 1.84. The Balaban J connectivity index is 2.73. The Kier molecular flexibility index (Phi) is 3.41. The zero-order valence-corrected chi connectivity index (χ0v) is 8.20. The lowest BCUT2D eigenvalue weighted by atomic mass is 10.1. The molecule has 1 saturated heterocycles. The van der Waals surface area contributed by atoms with Crippen LogP contribution in [-0.4, -0.2) is 26.5 Å². The molecule has 0 spiro atoms. The van der Waals surface area contributed by atoms with Gasteiger partial charge in [-0.2, -0.15) is 21.6 Å². The highest BCUT2D eigenvalue weighted by Crippen LogP contribution is 2.29. The van der Waals surface area contributed by atoms with Crippen molar-refractivity contribution < 1.29 is 25.8 Å². The summed E-state index contributed by atoms with van der Waals surface area (Å²) >= 11 is 0. The van der Waals surface area contributed by atoms with Crippen LogP contribution in [-0.2, 0) is 14.3 Å². The molecule has 84 valence electrons. The van der Waals surface area contributed by atoms with E-state index in [0.717, 1.165) is 0 Å². The largest absolute Gasteiger partial charge is 0.390 e. The minimum absolute atomic E-state index is 0.00328. The summed E-state index contributed by atoms with van der Waals surface area (Å²) in [5, 5.41) is -1.43. The third-order valence-corrected chi connectivity index (χ3v) is 3.75. The van der Waals surface area contributed by atoms with Crippen molar-refractivity contribution in [2.24, 2.45) is 0 Å². The highest BCUT2D eigenvalue weighted by molar-refractivity contribution is 7.87. The summed E-state index contributed by atoms with van der Waals surface area (Å²) in [6.07, 6.45) is -4.78. The molecule has 7 heteroatoms. The third-order valence-electron chi connectivity index (χ3n) is 2.04. The van der Waals surface area contributed by atoms with Gasteiger partial charge in [0.25, 0.3) is 10.1 Å². The minimum atomic E-state index is -4.45. The van der Waals surface area contributed by atoms with Crippen molar-refractivity contribution in [2.45, 2.75) is 37.1 Å². The van der Waals surface area contributed by atoms with E-state index in [0.29, 0.717) is 12.8 Å². The van der Waals surface area contributed by atoms with Gasteiger partial charge in [0, 0.05) is 0 Å². The van der Waals surface area contributed by atoms with Gasteiger partial charge in [-0.15, -0.1) is 0 Å². The van der Waals surface area contributed by atoms with Gasteiger partial charge in [-0.25, -0.2) is 0 Å². The number of rotatable bonds is 1. The van der Waals surface area contributed by atoms with Crippen LogP contribution >= 0.6 is 0 Å². The second-order valence-electron chi connectivity index (χ2n) is 3.25. The van der Waals surface area contributed by atoms with E-state index in [1.54, 1.807) is 0 Å². The Morgan fingerprint density at radius 2 is 1.93 bits per heavy atom. The molecule has 0 aliphatic carbocycles. The van der Waals surface area contributed by atoms with Crippen LogP contribution < -0.4 is 0 Å². The van der Waals surface area contributed by atoms with E-state index in [2.05, 4.69) is 4.18 Å². The molecule has 1 aliphatic rings. The molecule has 3 nitrogen and oxygen atoms in total. The molecule has 0 amide bonds. The van der Waals surface area contributed by atoms with Crippen molar-refractivity contribution in [3.63, 3.8) is 0 Å². The number of alkyl halides is 3. The fraction of sp³-hybridized carbons (Fsp3) is 1.00. The van der Waals surface area contributed by atoms with E-state index in [1.807, 2.05) is 0 Å². The smallest absolute Gasteiger partial charge is 0.270 e. The van der Waals surface area contributed by atoms with Gasteiger partial charge in [0.05, 0.1) is 18.3 Å². The van der Waals surface area contributed by atoms with Gasteiger partial charge in [-0.3, -0.25) is 4.18 Å². The maximum Gasteiger partial charge on any atom is 0.390 e. The zero-order valence-electron chi connectivity index (χ0n) is 7.38. The molecule has 0 aromatic rings. The van der Waals surface area contributed by atoms with Crippen molar-refractivity contribution in [3.8, 4) is 0 Å². The first-order chi connectivity index (χ1) is 6.31. The summed E-state index contributed by atoms with van der Waals surface area (Å²) in [4.78, 5) is 0. The summed E-state index contributed by atoms with van der Waals surface area (Å²) < 4.78 is 62.7. The fourth-order valence-corrected chi connectivity index (χ4v) is 2.74. The molecular formula is C7H11F3O3S. The van der Waals surface area contributed by atoms with E-state index < -0.39 is 28.0 Å². The van der Waals surface area contributed by atoms with Gasteiger partial charge >= 0.3 is 6.18 Å². The third kappa shape index (κ3) is 3.45. The molecule has 1 aliphatic heterocycles. The first kappa shape index (κ1) is 11.8. The molecule has 1 atom stereocenters. The van der Waals surface area contributed by atoms with Crippen LogP contribution in [0.5, 0.6) is 0 Å². The lowest BCUT2D eigenvalue weighted by Crippen LogP contribution is -2.28. The lowest BCUT2D eigenvalue weighted by molar-refractivity contribution is -0.135. The van der Waals surface area contributed by atoms with Gasteiger partial charge in [-0.1, -0.05) is 0 Å². The average molecular weight is 232 g/mol. The standard InChI is InChI=1S/C7H11F3O3S/c8-7(9,10)5-6-3-1-2-4-13-14(6,11)12/h6H,1-5H2. The van der Waals surface area contributed by atoms with Gasteiger partial charge in [0.1, 0.15) is 0 Å². The Hall–Kier alpha value is -0.300. The van der Waals surface area contributed by atoms with E-state index in [1.165, 1.54) is 0 Å². The highest BCUT2D eigenvalue weighted by atomic mass is 32.2. The maximum absolute atomic E-state index is 12.0. The Bertz CT molecular complexity index is 283. The quantitative estimate of drug-likeness (QED) is 0.648. The fourth-order valence-electron chi connectivity index (χ4n) is 1.35. The second kappa shape index (κ2) is 4.06. The maximum atomic E-state index is 12.0. The molecule has 0 saturated carbocycles. The summed E-state index contributed by atoms with van der Waals surface area (Å²) in [6.45, 7) is -0.00328. The van der Waals surface area contributed by atoms with E-state index >= 15 is 0 Å². The second-order valence-corrected chi connectivity index (χ2v) is 5.14. The van der Waals surface area contributed by atoms with E-state index in [9.17, 15) is 21.6 Å². The SMILES string of the molecule is O=S1(=O)OCCCCC1CC(F)(F)F. The molecule has 0 radical (unpaired) electrons. The van der Waals surface area contributed by atoms with Crippen LogP contribution in [0.1, 0.15) is 25.7 Å². The molecule has 0 aromatic carbocycles. The molecule has 1 heterocycles. The normalized spacial score (nSPS) is 28.4. The van der Waals surface area contributed by atoms with E-state index in [4.69, 9.17) is 0 Å². The number of halogens is 3. The van der Waals surface area contributed by atoms with Gasteiger partial charge < -0.3 is 0 Å². The van der Waals surface area contributed by atoms with Crippen molar-refractivity contribution in [1.82, 2.24) is 0 Å². The van der Waals surface area contributed by atoms with Crippen molar-refractivity contribution in [2.75, 3.05) is 6.61 Å². The minimum Gasteiger partial charge on any atom is -0.270 e. The topological polar surface area (TPSA) is 43.4 Å². The first-order valence-electron chi connectivity index (χ1n) is 4.26. The van der Waals surface area contributed by atoms with Gasteiger partial charge in [0.15, 0.2) is 0 Å². The van der Waals surface area contributed by atoms with E-state index in [-0.39, 0.29) is 13.0 Å². The highest BCUT2D eigenvalue weighted by Gasteiger charge is 2.39. The van der Waals surface area contributed by atoms with Crippen LogP contribution in [0.3, 0.4) is 0 Å². The van der Waals surface area contributed by atoms with Crippen molar-refractivity contribution in [3.05, 3.63) is 0 Å². The van der Waals surface area contributed by atoms with Crippen molar-refractivity contribution in [1.29, 1.82) is 0 Å². The van der Waals surface area contributed by atoms with Crippen LogP contribution in [0.15, 0.2) is 0 Å². The van der Waals surface area contributed by atoms with Crippen LogP contribution in [0.4, 0.5) is 13.2 Å². The monoisotopic (exact) mass is 232 g/mol. The molecule has 0 aromatic heterocycles. The lowest BCUT2D eigenvalue weighted by Gasteiger charge is -2.15. The summed E-state index contributed by atoms with van der Waals surface area (Å²) in [6, 6.07) is 0. The van der Waals surface area contributed by atoms with Gasteiger partial charge in [-0.05, 0) is 19.3 Å². The predicted molar refractivity (Wildman–Crippen MR) is 43.2 cm³/mol. The molecule has 1 rings (SSSR count). The summed E-state index contributed by atoms with van der Waals surface area (Å²) in [5.74, 6) is 0. The number of hydrogen-bond acceptors (Lipinski definition) is 3. The molecular weight excluding hydrogens is 221 g/mol. The van der Waals surface area contributed by atoms with Crippen LogP contribution in [0, 0.1) is 0 Å². The number of hydrogen-bond donors (Lipinski definition) is 0. The Labute approximate surface area is 80.4 Å². The summed E-state index contributed by atoms with van der Waals surface area (Å²) in [5.41, 5.74) is 0. The molecule has 1 fully saturated rings.